The number of carbonyl (C=O) groups is 1. The van der Waals surface area contributed by atoms with Gasteiger partial charge in [0, 0.05) is 17.6 Å². The number of hydrogen-bond donors (Lipinski definition) is 2. The maximum absolute atomic E-state index is 13.7. The van der Waals surface area contributed by atoms with E-state index in [4.69, 9.17) is 27.9 Å². The van der Waals surface area contributed by atoms with E-state index in [9.17, 15) is 9.18 Å². The molecule has 0 bridgehead atoms. The zero-order valence-electron chi connectivity index (χ0n) is 14.8. The second kappa shape index (κ2) is 9.21. The largest absolute Gasteiger partial charge is 0.497 e. The number of hydrogen-bond acceptors (Lipinski definition) is 3. The third-order valence-corrected chi connectivity index (χ3v) is 4.64. The molecule has 140 valence electrons. The maximum atomic E-state index is 13.7. The minimum atomic E-state index is -0.545. The lowest BCUT2D eigenvalue weighted by molar-refractivity contribution is -0.123. The molecule has 0 unspecified atom stereocenters. The van der Waals surface area contributed by atoms with Crippen LogP contribution in [0.3, 0.4) is 0 Å². The van der Waals surface area contributed by atoms with E-state index in [0.29, 0.717) is 17.1 Å². The fraction of sp³-hybridized carbons (Fsp3) is 0.316. The van der Waals surface area contributed by atoms with Crippen LogP contribution in [0.25, 0.3) is 0 Å². The first-order valence-corrected chi connectivity index (χ1v) is 8.88. The highest BCUT2D eigenvalue weighted by atomic mass is 35.5. The Hall–Kier alpha value is -1.82. The molecule has 0 fully saturated rings. The topological polar surface area (TPSA) is 50.4 Å². The summed E-state index contributed by atoms with van der Waals surface area (Å²) < 4.78 is 18.8. The minimum absolute atomic E-state index is 0.0313. The van der Waals surface area contributed by atoms with Crippen molar-refractivity contribution in [3.8, 4) is 5.75 Å². The summed E-state index contributed by atoms with van der Waals surface area (Å²) in [5, 5.41) is 6.29. The molecule has 0 spiro atoms. The number of halogens is 3. The van der Waals surface area contributed by atoms with E-state index in [0.717, 1.165) is 11.3 Å². The standard InChI is InChI=1S/C19H21Cl2FN2O2/c1-11(15-8-18(22)17(21)9-16(15)20)24-12(2)19(25)23-10-13-4-6-14(26-3)7-5-13/h4-9,11-12,24H,10H2,1-3H3,(H,23,25)/t11-,12+/m1/s1. The Morgan fingerprint density at radius 3 is 2.42 bits per heavy atom. The summed E-state index contributed by atoms with van der Waals surface area (Å²) >= 11 is 11.8. The van der Waals surface area contributed by atoms with Crippen LogP contribution in [-0.4, -0.2) is 19.1 Å². The van der Waals surface area contributed by atoms with Crippen molar-refractivity contribution in [3.63, 3.8) is 0 Å². The van der Waals surface area contributed by atoms with Crippen molar-refractivity contribution in [1.82, 2.24) is 10.6 Å². The van der Waals surface area contributed by atoms with Gasteiger partial charge in [0.15, 0.2) is 0 Å². The van der Waals surface area contributed by atoms with Crippen molar-refractivity contribution >= 4 is 29.1 Å². The summed E-state index contributed by atoms with van der Waals surface area (Å²) in [6.45, 7) is 3.95. The number of benzene rings is 2. The predicted molar refractivity (Wildman–Crippen MR) is 102 cm³/mol. The van der Waals surface area contributed by atoms with Crippen LogP contribution in [0.5, 0.6) is 5.75 Å². The molecular weight excluding hydrogens is 378 g/mol. The Bertz CT molecular complexity index is 769. The van der Waals surface area contributed by atoms with Gasteiger partial charge in [-0.05, 0) is 49.2 Å². The summed E-state index contributed by atoms with van der Waals surface area (Å²) in [4.78, 5) is 12.3. The highest BCUT2D eigenvalue weighted by molar-refractivity contribution is 6.35. The van der Waals surface area contributed by atoms with Crippen LogP contribution in [0.4, 0.5) is 4.39 Å². The second-order valence-electron chi connectivity index (χ2n) is 5.96. The van der Waals surface area contributed by atoms with Crippen molar-refractivity contribution in [2.75, 3.05) is 7.11 Å². The van der Waals surface area contributed by atoms with E-state index in [-0.39, 0.29) is 17.0 Å². The molecule has 2 atom stereocenters. The van der Waals surface area contributed by atoms with Gasteiger partial charge in [-0.1, -0.05) is 35.3 Å². The molecule has 0 aliphatic heterocycles. The summed E-state index contributed by atoms with van der Waals surface area (Å²) in [5.74, 6) is 0.0468. The lowest BCUT2D eigenvalue weighted by Crippen LogP contribution is -2.42. The number of amides is 1. The minimum Gasteiger partial charge on any atom is -0.497 e. The number of rotatable bonds is 7. The zero-order valence-corrected chi connectivity index (χ0v) is 16.3. The van der Waals surface area contributed by atoms with Crippen LogP contribution in [-0.2, 0) is 11.3 Å². The highest BCUT2D eigenvalue weighted by Crippen LogP contribution is 2.28. The fourth-order valence-corrected chi connectivity index (χ4v) is 3.04. The molecule has 2 rings (SSSR count). The number of nitrogens with one attached hydrogen (secondary N) is 2. The van der Waals surface area contributed by atoms with E-state index in [2.05, 4.69) is 10.6 Å². The van der Waals surface area contributed by atoms with Gasteiger partial charge in [0.05, 0.1) is 18.2 Å². The molecule has 0 aliphatic carbocycles. The van der Waals surface area contributed by atoms with Crippen LogP contribution in [0.2, 0.25) is 10.0 Å². The van der Waals surface area contributed by atoms with E-state index in [1.807, 2.05) is 31.2 Å². The third kappa shape index (κ3) is 5.34. The van der Waals surface area contributed by atoms with Gasteiger partial charge in [-0.15, -0.1) is 0 Å². The molecule has 0 heterocycles. The van der Waals surface area contributed by atoms with Crippen molar-refractivity contribution in [1.29, 1.82) is 0 Å². The molecule has 2 aromatic carbocycles. The molecule has 1 amide bonds. The van der Waals surface area contributed by atoms with Gasteiger partial charge in [0.1, 0.15) is 11.6 Å². The van der Waals surface area contributed by atoms with Gasteiger partial charge in [0.25, 0.3) is 0 Å². The SMILES string of the molecule is COc1ccc(CNC(=O)[C@H](C)N[C@H](C)c2cc(F)c(Cl)cc2Cl)cc1. The first kappa shape index (κ1) is 20.5. The van der Waals surface area contributed by atoms with Crippen LogP contribution in [0.15, 0.2) is 36.4 Å². The second-order valence-corrected chi connectivity index (χ2v) is 6.78. The molecule has 0 radical (unpaired) electrons. The lowest BCUT2D eigenvalue weighted by Gasteiger charge is -2.21. The van der Waals surface area contributed by atoms with Crippen LogP contribution >= 0.6 is 23.2 Å². The third-order valence-electron chi connectivity index (χ3n) is 4.03. The van der Waals surface area contributed by atoms with Gasteiger partial charge in [0.2, 0.25) is 5.91 Å². The average Bonchev–Trinajstić information content (AvgIpc) is 2.62. The van der Waals surface area contributed by atoms with Crippen molar-refractivity contribution in [2.45, 2.75) is 32.5 Å². The smallest absolute Gasteiger partial charge is 0.237 e. The van der Waals surface area contributed by atoms with E-state index >= 15 is 0 Å². The Morgan fingerprint density at radius 1 is 1.15 bits per heavy atom. The maximum Gasteiger partial charge on any atom is 0.237 e. The molecule has 0 saturated heterocycles. The monoisotopic (exact) mass is 398 g/mol. The van der Waals surface area contributed by atoms with E-state index in [1.54, 1.807) is 14.0 Å². The fourth-order valence-electron chi connectivity index (χ4n) is 2.50. The molecule has 2 aromatic rings. The predicted octanol–water partition coefficient (Wildman–Crippen LogP) is 4.50. The quantitative estimate of drug-likeness (QED) is 0.675. The molecule has 7 heteroatoms. The molecule has 26 heavy (non-hydrogen) atoms. The zero-order chi connectivity index (χ0) is 19.3. The molecule has 0 saturated carbocycles. The summed E-state index contributed by atoms with van der Waals surface area (Å²) in [7, 11) is 1.60. The molecule has 4 nitrogen and oxygen atoms in total. The lowest BCUT2D eigenvalue weighted by atomic mass is 10.1. The van der Waals surface area contributed by atoms with Crippen LogP contribution in [0.1, 0.15) is 31.0 Å². The summed E-state index contributed by atoms with van der Waals surface area (Å²) in [6.07, 6.45) is 0. The number of methoxy groups -OCH3 is 1. The molecule has 2 N–H and O–H groups in total. The average molecular weight is 399 g/mol. The normalized spacial score (nSPS) is 13.2. The van der Waals surface area contributed by atoms with Gasteiger partial charge in [-0.25, -0.2) is 4.39 Å². The first-order chi connectivity index (χ1) is 12.3. The summed E-state index contributed by atoms with van der Waals surface area (Å²) in [5.41, 5.74) is 1.51. The Balaban J connectivity index is 1.92. The number of ether oxygens (including phenoxy) is 1. The van der Waals surface area contributed by atoms with Gasteiger partial charge < -0.3 is 10.1 Å². The highest BCUT2D eigenvalue weighted by Gasteiger charge is 2.19. The summed E-state index contributed by atoms with van der Waals surface area (Å²) in [6, 6.07) is 9.27. The first-order valence-electron chi connectivity index (χ1n) is 8.13. The van der Waals surface area contributed by atoms with Crippen molar-refractivity contribution in [2.24, 2.45) is 0 Å². The van der Waals surface area contributed by atoms with Gasteiger partial charge in [-0.3, -0.25) is 10.1 Å². The molecular formula is C19H21Cl2FN2O2. The molecule has 0 aliphatic rings. The van der Waals surface area contributed by atoms with Crippen LogP contribution < -0.4 is 15.4 Å². The van der Waals surface area contributed by atoms with E-state index in [1.165, 1.54) is 12.1 Å². The van der Waals surface area contributed by atoms with Crippen LogP contribution in [0, 0.1) is 5.82 Å². The van der Waals surface area contributed by atoms with Crippen molar-refractivity contribution in [3.05, 3.63) is 63.4 Å². The Kier molecular flexibility index (Phi) is 7.26. The van der Waals surface area contributed by atoms with Gasteiger partial charge in [-0.2, -0.15) is 0 Å². The Labute approximate surface area is 162 Å². The molecule has 0 aromatic heterocycles. The van der Waals surface area contributed by atoms with Crippen molar-refractivity contribution < 1.29 is 13.9 Å². The van der Waals surface area contributed by atoms with E-state index < -0.39 is 11.9 Å². The van der Waals surface area contributed by atoms with Gasteiger partial charge >= 0.3 is 0 Å². The number of carbonyl (C=O) groups excluding carboxylic acids is 1. The Morgan fingerprint density at radius 2 is 1.81 bits per heavy atom.